The molecule has 12 heteroatoms. The standard InChI is InChI=1S/C35H44Cl2N6O4/c36-27-19-25(20-28(37)22-27)23-40-35(47)32(26-13-5-2-6-14-26)43-34(46)30(16-8-10-18-39)42-33(45)29(15-7-9-17-38)41-31(44)21-24-11-3-1-4-12-24/h1-6,11-14,19-20,22,29-30,32H,7-10,15-18,21,23,38-39H2,(H,40,47)(H,41,44)(H,42,45)(H,43,46)/t29-,30-,32-/m0/s1. The summed E-state index contributed by atoms with van der Waals surface area (Å²) in [5, 5.41) is 12.2. The maximum Gasteiger partial charge on any atom is 0.247 e. The van der Waals surface area contributed by atoms with E-state index in [0.29, 0.717) is 66.4 Å². The summed E-state index contributed by atoms with van der Waals surface area (Å²) in [6.45, 7) is 0.994. The van der Waals surface area contributed by atoms with Crippen LogP contribution in [0.25, 0.3) is 0 Å². The van der Waals surface area contributed by atoms with Crippen molar-refractivity contribution in [2.75, 3.05) is 13.1 Å². The first-order valence-electron chi connectivity index (χ1n) is 15.8. The second kappa shape index (κ2) is 20.3. The molecule has 3 aromatic rings. The molecule has 0 saturated heterocycles. The Morgan fingerprint density at radius 1 is 0.617 bits per heavy atom. The fourth-order valence-electron chi connectivity index (χ4n) is 5.01. The predicted molar refractivity (Wildman–Crippen MR) is 185 cm³/mol. The van der Waals surface area contributed by atoms with Gasteiger partial charge in [-0.25, -0.2) is 0 Å². The minimum atomic E-state index is -1.06. The van der Waals surface area contributed by atoms with Gasteiger partial charge in [-0.3, -0.25) is 19.2 Å². The van der Waals surface area contributed by atoms with Crippen LogP contribution >= 0.6 is 23.2 Å². The summed E-state index contributed by atoms with van der Waals surface area (Å²) in [4.78, 5) is 53.8. The average molecular weight is 684 g/mol. The SMILES string of the molecule is NCCCC[C@H](NC(=O)Cc1ccccc1)C(=O)N[C@@H](CCCCN)C(=O)N[C@H](C(=O)NCc1cc(Cl)cc(Cl)c1)c1ccccc1. The second-order valence-electron chi connectivity index (χ2n) is 11.3. The molecule has 4 amide bonds. The van der Waals surface area contributed by atoms with E-state index in [1.54, 1.807) is 48.5 Å². The van der Waals surface area contributed by atoms with Crippen molar-refractivity contribution in [3.63, 3.8) is 0 Å². The number of hydrogen-bond acceptors (Lipinski definition) is 6. The third-order valence-corrected chi connectivity index (χ3v) is 7.89. The maximum atomic E-state index is 13.8. The lowest BCUT2D eigenvalue weighted by molar-refractivity contribution is -0.134. The topological polar surface area (TPSA) is 168 Å². The molecule has 0 bridgehead atoms. The van der Waals surface area contributed by atoms with E-state index >= 15 is 0 Å². The monoisotopic (exact) mass is 682 g/mol. The number of rotatable bonds is 19. The molecule has 0 saturated carbocycles. The van der Waals surface area contributed by atoms with Crippen LogP contribution in [0.3, 0.4) is 0 Å². The lowest BCUT2D eigenvalue weighted by atomic mass is 10.0. The van der Waals surface area contributed by atoms with E-state index in [1.807, 2.05) is 30.3 Å². The van der Waals surface area contributed by atoms with Gasteiger partial charge in [0.2, 0.25) is 23.6 Å². The van der Waals surface area contributed by atoms with Crippen molar-refractivity contribution in [1.82, 2.24) is 21.3 Å². The molecule has 0 aliphatic carbocycles. The lowest BCUT2D eigenvalue weighted by Crippen LogP contribution is -2.55. The summed E-state index contributed by atoms with van der Waals surface area (Å²) in [7, 11) is 0. The minimum Gasteiger partial charge on any atom is -0.350 e. The minimum absolute atomic E-state index is 0.108. The van der Waals surface area contributed by atoms with Crippen molar-refractivity contribution < 1.29 is 19.2 Å². The average Bonchev–Trinajstić information content (AvgIpc) is 3.05. The molecule has 0 aliphatic rings. The van der Waals surface area contributed by atoms with Crippen molar-refractivity contribution in [3.05, 3.63) is 106 Å². The highest BCUT2D eigenvalue weighted by Gasteiger charge is 2.30. The van der Waals surface area contributed by atoms with Crippen LogP contribution in [0.15, 0.2) is 78.9 Å². The van der Waals surface area contributed by atoms with Crippen molar-refractivity contribution in [2.45, 2.75) is 69.6 Å². The van der Waals surface area contributed by atoms with Gasteiger partial charge < -0.3 is 32.7 Å². The van der Waals surface area contributed by atoms with Gasteiger partial charge in [-0.1, -0.05) is 83.9 Å². The summed E-state index contributed by atoms with van der Waals surface area (Å²) < 4.78 is 0. The van der Waals surface area contributed by atoms with Crippen molar-refractivity contribution in [3.8, 4) is 0 Å². The van der Waals surface area contributed by atoms with Crippen LogP contribution in [-0.2, 0) is 32.1 Å². The number of halogens is 2. The van der Waals surface area contributed by atoms with Crippen LogP contribution in [0.5, 0.6) is 0 Å². The fourth-order valence-corrected chi connectivity index (χ4v) is 5.59. The molecule has 0 fully saturated rings. The number of carbonyl (C=O) groups excluding carboxylic acids is 4. The number of benzene rings is 3. The lowest BCUT2D eigenvalue weighted by Gasteiger charge is -2.26. The summed E-state index contributed by atoms with van der Waals surface area (Å²) in [5.74, 6) is -1.80. The highest BCUT2D eigenvalue weighted by molar-refractivity contribution is 6.34. The molecule has 0 unspecified atom stereocenters. The van der Waals surface area contributed by atoms with Crippen LogP contribution in [0.2, 0.25) is 10.0 Å². The molecular weight excluding hydrogens is 639 g/mol. The zero-order chi connectivity index (χ0) is 34.0. The van der Waals surface area contributed by atoms with Gasteiger partial charge in [0.25, 0.3) is 0 Å². The van der Waals surface area contributed by atoms with Gasteiger partial charge in [-0.15, -0.1) is 0 Å². The number of amides is 4. The van der Waals surface area contributed by atoms with E-state index in [4.69, 9.17) is 34.7 Å². The van der Waals surface area contributed by atoms with Crippen LogP contribution in [-0.4, -0.2) is 48.8 Å². The normalized spacial score (nSPS) is 12.8. The van der Waals surface area contributed by atoms with E-state index in [1.165, 1.54) is 0 Å². The Bertz CT molecular complexity index is 1420. The van der Waals surface area contributed by atoms with Crippen LogP contribution in [0, 0.1) is 0 Å². The zero-order valence-electron chi connectivity index (χ0n) is 26.4. The van der Waals surface area contributed by atoms with Gasteiger partial charge in [0.05, 0.1) is 6.42 Å². The van der Waals surface area contributed by atoms with E-state index in [9.17, 15) is 19.2 Å². The van der Waals surface area contributed by atoms with Crippen LogP contribution in [0.1, 0.15) is 61.3 Å². The predicted octanol–water partition coefficient (Wildman–Crippen LogP) is 3.94. The quantitative estimate of drug-likeness (QED) is 0.105. The van der Waals surface area contributed by atoms with Gasteiger partial charge in [0.15, 0.2) is 0 Å². The van der Waals surface area contributed by atoms with Gasteiger partial charge in [-0.05, 0) is 86.5 Å². The van der Waals surface area contributed by atoms with Crippen molar-refractivity contribution in [1.29, 1.82) is 0 Å². The number of carbonyl (C=O) groups is 4. The van der Waals surface area contributed by atoms with Crippen molar-refractivity contribution >= 4 is 46.8 Å². The Balaban J connectivity index is 1.76. The molecule has 0 spiro atoms. The maximum absolute atomic E-state index is 13.8. The molecule has 8 N–H and O–H groups in total. The molecule has 0 aromatic heterocycles. The molecular formula is C35H44Cl2N6O4. The first-order chi connectivity index (χ1) is 22.7. The van der Waals surface area contributed by atoms with Crippen LogP contribution < -0.4 is 32.7 Å². The van der Waals surface area contributed by atoms with Gasteiger partial charge in [-0.2, -0.15) is 0 Å². The Morgan fingerprint density at radius 3 is 1.72 bits per heavy atom. The fraction of sp³-hybridized carbons (Fsp3) is 0.371. The smallest absolute Gasteiger partial charge is 0.247 e. The summed E-state index contributed by atoms with van der Waals surface area (Å²) in [5.41, 5.74) is 13.4. The number of nitrogens with two attached hydrogens (primary N) is 2. The first-order valence-corrected chi connectivity index (χ1v) is 16.6. The molecule has 252 valence electrons. The molecule has 47 heavy (non-hydrogen) atoms. The molecule has 0 radical (unpaired) electrons. The second-order valence-corrected chi connectivity index (χ2v) is 12.1. The zero-order valence-corrected chi connectivity index (χ0v) is 27.9. The molecule has 3 rings (SSSR count). The van der Waals surface area contributed by atoms with E-state index in [2.05, 4.69) is 21.3 Å². The Morgan fingerprint density at radius 2 is 1.15 bits per heavy atom. The van der Waals surface area contributed by atoms with E-state index in [0.717, 1.165) is 5.56 Å². The third-order valence-electron chi connectivity index (χ3n) is 7.46. The molecule has 0 heterocycles. The van der Waals surface area contributed by atoms with E-state index < -0.39 is 35.8 Å². The van der Waals surface area contributed by atoms with E-state index in [-0.39, 0.29) is 25.3 Å². The Labute approximate surface area is 286 Å². The summed E-state index contributed by atoms with van der Waals surface area (Å²) >= 11 is 12.2. The highest BCUT2D eigenvalue weighted by atomic mass is 35.5. The molecule has 0 aliphatic heterocycles. The number of nitrogens with one attached hydrogen (secondary N) is 4. The first kappa shape index (κ1) is 37.5. The molecule has 10 nitrogen and oxygen atoms in total. The Kier molecular flexibility index (Phi) is 16.2. The largest absolute Gasteiger partial charge is 0.350 e. The van der Waals surface area contributed by atoms with Gasteiger partial charge >= 0.3 is 0 Å². The number of unbranched alkanes of at least 4 members (excludes halogenated alkanes) is 2. The molecule has 3 aromatic carbocycles. The summed E-state index contributed by atoms with van der Waals surface area (Å²) in [6, 6.07) is 20.1. The van der Waals surface area contributed by atoms with Crippen molar-refractivity contribution in [2.24, 2.45) is 11.5 Å². The Hall–Kier alpha value is -3.96. The highest BCUT2D eigenvalue weighted by Crippen LogP contribution is 2.20. The van der Waals surface area contributed by atoms with Gasteiger partial charge in [0.1, 0.15) is 18.1 Å². The van der Waals surface area contributed by atoms with Crippen LogP contribution in [0.4, 0.5) is 0 Å². The summed E-state index contributed by atoms with van der Waals surface area (Å²) in [6.07, 6.45) is 3.22. The molecule has 3 atom stereocenters. The third kappa shape index (κ3) is 13.4. The number of hydrogen-bond donors (Lipinski definition) is 6. The van der Waals surface area contributed by atoms with Gasteiger partial charge in [0, 0.05) is 16.6 Å².